The van der Waals surface area contributed by atoms with Crippen molar-refractivity contribution in [1.29, 1.82) is 5.26 Å². The average molecular weight is 318 g/mol. The summed E-state index contributed by atoms with van der Waals surface area (Å²) in [6.07, 6.45) is 2.06. The molecule has 1 aliphatic rings. The van der Waals surface area contributed by atoms with E-state index < -0.39 is 6.10 Å². The minimum absolute atomic E-state index is 0.243. The van der Waals surface area contributed by atoms with E-state index in [4.69, 9.17) is 14.5 Å². The molecule has 2 unspecified atom stereocenters. The fourth-order valence-corrected chi connectivity index (χ4v) is 3.14. The van der Waals surface area contributed by atoms with Crippen molar-refractivity contribution in [3.63, 3.8) is 0 Å². The van der Waals surface area contributed by atoms with Gasteiger partial charge in [0.2, 0.25) is 0 Å². The van der Waals surface area contributed by atoms with Crippen LogP contribution in [0, 0.1) is 11.3 Å². The summed E-state index contributed by atoms with van der Waals surface area (Å²) in [5.74, 6) is 0.753. The van der Waals surface area contributed by atoms with Gasteiger partial charge in [-0.15, -0.1) is 11.4 Å². The van der Waals surface area contributed by atoms with Gasteiger partial charge in [-0.1, -0.05) is 0 Å². The molecule has 0 amide bonds. The molecule has 2 N–H and O–H groups in total. The normalized spacial score (nSPS) is 26.9. The van der Waals surface area contributed by atoms with Crippen molar-refractivity contribution in [2.24, 2.45) is 0 Å². The van der Waals surface area contributed by atoms with Gasteiger partial charge in [-0.3, -0.25) is 4.79 Å². The summed E-state index contributed by atoms with van der Waals surface area (Å²) in [6, 6.07) is 2.07. The Hall–Kier alpha value is -0.640. The van der Waals surface area contributed by atoms with Crippen LogP contribution in [-0.2, 0) is 14.1 Å². The lowest BCUT2D eigenvalue weighted by Gasteiger charge is -2.14. The zero-order valence-electron chi connectivity index (χ0n) is 11.2. The van der Waals surface area contributed by atoms with Crippen LogP contribution in [0.25, 0.3) is 0 Å². The molecule has 0 saturated carbocycles. The van der Waals surface area contributed by atoms with Crippen molar-refractivity contribution in [1.82, 2.24) is 5.32 Å². The van der Waals surface area contributed by atoms with Gasteiger partial charge in [-0.25, -0.2) is 0 Å². The molecule has 8 heteroatoms. The highest BCUT2D eigenvalue weighted by Crippen LogP contribution is 2.32. The maximum absolute atomic E-state index is 10.4. The molecule has 112 valence electrons. The first-order valence-electron chi connectivity index (χ1n) is 6.24. The smallest absolute Gasteiger partial charge is 0.147 e. The van der Waals surface area contributed by atoms with E-state index in [0.29, 0.717) is 25.0 Å². The number of hydrogen-bond acceptors (Lipinski definition) is 7. The van der Waals surface area contributed by atoms with Gasteiger partial charge < -0.3 is 19.7 Å². The Balaban J connectivity index is 2.18. The second kappa shape index (κ2) is 10.1. The third-order valence-corrected chi connectivity index (χ3v) is 4.72. The fraction of sp³-hybridized carbons (Fsp3) is 0.667. The quantitative estimate of drug-likeness (QED) is 0.287. The number of ether oxygens (including phenoxy) is 1. The summed E-state index contributed by atoms with van der Waals surface area (Å²) in [5, 5.41) is 21.2. The number of aldehydes is 1. The van der Waals surface area contributed by atoms with Gasteiger partial charge in [-0.2, -0.15) is 5.26 Å². The van der Waals surface area contributed by atoms with Crippen LogP contribution in [0.15, 0.2) is 11.8 Å². The van der Waals surface area contributed by atoms with Crippen LogP contribution in [0.2, 0.25) is 0 Å². The van der Waals surface area contributed by atoms with E-state index in [-0.39, 0.29) is 20.3 Å². The highest BCUT2D eigenvalue weighted by atomic mass is 32.7. The Morgan fingerprint density at radius 1 is 1.75 bits per heavy atom. The van der Waals surface area contributed by atoms with Gasteiger partial charge in [-0.05, 0) is 6.92 Å². The molecule has 1 rings (SSSR count). The summed E-state index contributed by atoms with van der Waals surface area (Å²) in [7, 11) is 0.243. The topological polar surface area (TPSA) is 91.6 Å². The molecule has 0 aromatic rings. The largest absolute Gasteiger partial charge is 0.390 e. The highest BCUT2D eigenvalue weighted by Gasteiger charge is 2.33. The van der Waals surface area contributed by atoms with Gasteiger partial charge in [0.15, 0.2) is 0 Å². The van der Waals surface area contributed by atoms with Crippen molar-refractivity contribution in [3.8, 4) is 6.07 Å². The molecule has 0 aromatic carbocycles. The monoisotopic (exact) mass is 318 g/mol. The molecule has 1 saturated heterocycles. The molecular weight excluding hydrogens is 299 g/mol. The van der Waals surface area contributed by atoms with E-state index in [2.05, 4.69) is 11.4 Å². The molecular formula is C12H19N2O4PS. The summed E-state index contributed by atoms with van der Waals surface area (Å²) in [5.41, 5.74) is 0.568. The molecule has 0 radical (unpaired) electrons. The van der Waals surface area contributed by atoms with Crippen LogP contribution in [0.3, 0.4) is 0 Å². The van der Waals surface area contributed by atoms with Gasteiger partial charge in [0, 0.05) is 30.4 Å². The zero-order valence-corrected chi connectivity index (χ0v) is 13.1. The Morgan fingerprint density at radius 2 is 2.55 bits per heavy atom. The van der Waals surface area contributed by atoms with E-state index in [1.54, 1.807) is 24.5 Å². The van der Waals surface area contributed by atoms with Gasteiger partial charge in [0.25, 0.3) is 0 Å². The van der Waals surface area contributed by atoms with Crippen LogP contribution >= 0.6 is 19.4 Å². The predicted octanol–water partition coefficient (Wildman–Crippen LogP) is 1.33. The Kier molecular flexibility index (Phi) is 8.83. The summed E-state index contributed by atoms with van der Waals surface area (Å²) < 4.78 is 11.0. The number of hydrogen-bond donors (Lipinski definition) is 2. The first-order chi connectivity index (χ1) is 9.67. The van der Waals surface area contributed by atoms with Gasteiger partial charge in [0.1, 0.15) is 18.6 Å². The third-order valence-electron chi connectivity index (χ3n) is 2.59. The maximum atomic E-state index is 10.4. The predicted molar refractivity (Wildman–Crippen MR) is 79.2 cm³/mol. The number of allylic oxidation sites excluding steroid dienone is 1. The molecule has 1 fully saturated rings. The molecule has 1 heterocycles. The van der Waals surface area contributed by atoms with E-state index in [9.17, 15) is 9.90 Å². The number of rotatable bonds is 9. The number of aliphatic hydroxyl groups is 1. The Bertz CT molecular complexity index is 375. The van der Waals surface area contributed by atoms with Crippen molar-refractivity contribution in [3.05, 3.63) is 11.8 Å². The standard InChI is InChI=1S/C12H19N2O4PS/c1-9(7-15)6-14-12-5-10(16)11(18-12)8-17-19-20-4-2-3-13/h6-7,10-12,14,16,19H,2,4-5,8H2,1H3/b9-6-/t10-,11-,12?/m1/s1. The second-order valence-electron chi connectivity index (χ2n) is 4.29. The zero-order chi connectivity index (χ0) is 14.8. The second-order valence-corrected chi connectivity index (χ2v) is 6.81. The third kappa shape index (κ3) is 6.69. The van der Waals surface area contributed by atoms with Crippen molar-refractivity contribution in [2.75, 3.05) is 12.4 Å². The minimum atomic E-state index is -0.577. The van der Waals surface area contributed by atoms with E-state index in [0.717, 1.165) is 12.0 Å². The van der Waals surface area contributed by atoms with Crippen molar-refractivity contribution in [2.45, 2.75) is 38.2 Å². The molecule has 4 atom stereocenters. The Morgan fingerprint density at radius 3 is 3.25 bits per heavy atom. The number of carbonyl (C=O) groups excluding carboxylic acids is 1. The Labute approximate surface area is 124 Å². The van der Waals surface area contributed by atoms with Crippen LogP contribution in [0.5, 0.6) is 0 Å². The summed E-state index contributed by atoms with van der Waals surface area (Å²) in [6.45, 7) is 2.01. The van der Waals surface area contributed by atoms with E-state index >= 15 is 0 Å². The van der Waals surface area contributed by atoms with E-state index in [1.807, 2.05) is 0 Å². The van der Waals surface area contributed by atoms with E-state index in [1.165, 1.54) is 0 Å². The molecule has 0 aromatic heterocycles. The SMILES string of the molecule is C/C(C=O)=C/NC1C[C@@H](O)[C@@H](COPSCCC#N)O1. The van der Waals surface area contributed by atoms with Crippen LogP contribution < -0.4 is 5.32 Å². The molecule has 0 bridgehead atoms. The van der Waals surface area contributed by atoms with Crippen LogP contribution in [0.4, 0.5) is 0 Å². The highest BCUT2D eigenvalue weighted by molar-refractivity contribution is 8.48. The summed E-state index contributed by atoms with van der Waals surface area (Å²) in [4.78, 5) is 10.4. The lowest BCUT2D eigenvalue weighted by molar-refractivity contribution is -0.104. The molecule has 6 nitrogen and oxygen atoms in total. The number of nitrogens with one attached hydrogen (secondary N) is 1. The fourth-order valence-electron chi connectivity index (χ4n) is 1.54. The lowest BCUT2D eigenvalue weighted by atomic mass is 10.2. The molecule has 0 aliphatic carbocycles. The molecule has 20 heavy (non-hydrogen) atoms. The first kappa shape index (κ1) is 17.4. The molecule has 0 spiro atoms. The van der Waals surface area contributed by atoms with Crippen molar-refractivity contribution < 1.29 is 19.2 Å². The number of nitrogens with zero attached hydrogens (tertiary/aromatic N) is 1. The van der Waals surface area contributed by atoms with Gasteiger partial charge in [0.05, 0.1) is 26.8 Å². The number of aliphatic hydroxyl groups excluding tert-OH is 1. The van der Waals surface area contributed by atoms with Crippen LogP contribution in [0.1, 0.15) is 19.8 Å². The molecule has 1 aliphatic heterocycles. The number of nitriles is 1. The number of carbonyl (C=O) groups is 1. The van der Waals surface area contributed by atoms with Crippen LogP contribution in [-0.4, -0.2) is 42.2 Å². The lowest BCUT2D eigenvalue weighted by Crippen LogP contribution is -2.27. The van der Waals surface area contributed by atoms with Crippen molar-refractivity contribution >= 4 is 25.7 Å². The first-order valence-corrected chi connectivity index (χ1v) is 8.86. The average Bonchev–Trinajstić information content (AvgIpc) is 2.80. The summed E-state index contributed by atoms with van der Waals surface area (Å²) >= 11 is 1.56. The minimum Gasteiger partial charge on any atom is -0.390 e. The maximum Gasteiger partial charge on any atom is 0.147 e. The van der Waals surface area contributed by atoms with Gasteiger partial charge >= 0.3 is 0 Å².